The predicted molar refractivity (Wildman–Crippen MR) is 83.2 cm³/mol. The average molecular weight is 294 g/mol. The standard InChI is InChI=1S/C17H30N2O2/c1-18-10-4-2-3-5-15(18)16(20)19-11-6-17(7-12-19)8-13-21-14-9-17/h15H,2-14H2,1H3/t15-/m0/s1. The molecule has 0 aromatic heterocycles. The molecular weight excluding hydrogens is 264 g/mol. The van der Waals surface area contributed by atoms with E-state index >= 15 is 0 Å². The first kappa shape index (κ1) is 15.3. The predicted octanol–water partition coefficient (Wildman–Crippen LogP) is 2.28. The van der Waals surface area contributed by atoms with Gasteiger partial charge in [0, 0.05) is 26.3 Å². The Balaban J connectivity index is 1.56. The molecule has 3 aliphatic heterocycles. The second kappa shape index (κ2) is 6.66. The minimum absolute atomic E-state index is 0.135. The monoisotopic (exact) mass is 294 g/mol. The molecule has 3 fully saturated rings. The SMILES string of the molecule is CN1CCCCC[C@H]1C(=O)N1CCC2(CCOCC2)CC1. The summed E-state index contributed by atoms with van der Waals surface area (Å²) in [5.41, 5.74) is 0.477. The summed E-state index contributed by atoms with van der Waals surface area (Å²) < 4.78 is 5.51. The van der Waals surface area contributed by atoms with Crippen LogP contribution in [0.2, 0.25) is 0 Å². The number of hydrogen-bond donors (Lipinski definition) is 0. The number of carbonyl (C=O) groups is 1. The van der Waals surface area contributed by atoms with Gasteiger partial charge in [0.1, 0.15) is 0 Å². The van der Waals surface area contributed by atoms with Crippen LogP contribution in [0.15, 0.2) is 0 Å². The Morgan fingerprint density at radius 3 is 2.43 bits per heavy atom. The fourth-order valence-electron chi connectivity index (χ4n) is 4.28. The highest BCUT2D eigenvalue weighted by atomic mass is 16.5. The van der Waals surface area contributed by atoms with Gasteiger partial charge >= 0.3 is 0 Å². The average Bonchev–Trinajstić information content (AvgIpc) is 2.73. The van der Waals surface area contributed by atoms with Crippen LogP contribution in [-0.2, 0) is 9.53 Å². The van der Waals surface area contributed by atoms with Crippen molar-refractivity contribution in [3.63, 3.8) is 0 Å². The number of ether oxygens (including phenoxy) is 1. The van der Waals surface area contributed by atoms with E-state index in [1.165, 1.54) is 44.9 Å². The molecule has 0 N–H and O–H groups in total. The molecule has 0 unspecified atom stereocenters. The van der Waals surface area contributed by atoms with Gasteiger partial charge in [-0.25, -0.2) is 0 Å². The summed E-state index contributed by atoms with van der Waals surface area (Å²) in [6.07, 6.45) is 9.51. The van der Waals surface area contributed by atoms with E-state index in [2.05, 4.69) is 16.8 Å². The molecule has 1 spiro atoms. The normalized spacial score (nSPS) is 31.1. The van der Waals surface area contributed by atoms with E-state index < -0.39 is 0 Å². The van der Waals surface area contributed by atoms with Crippen molar-refractivity contribution in [2.24, 2.45) is 5.41 Å². The highest BCUT2D eigenvalue weighted by Crippen LogP contribution is 2.40. The van der Waals surface area contributed by atoms with Crippen LogP contribution in [0.3, 0.4) is 0 Å². The van der Waals surface area contributed by atoms with Gasteiger partial charge in [-0.1, -0.05) is 12.8 Å². The number of hydrogen-bond acceptors (Lipinski definition) is 3. The van der Waals surface area contributed by atoms with Crippen LogP contribution in [0.25, 0.3) is 0 Å². The van der Waals surface area contributed by atoms with Gasteiger partial charge in [-0.15, -0.1) is 0 Å². The topological polar surface area (TPSA) is 32.8 Å². The Bertz CT molecular complexity index is 356. The molecule has 3 aliphatic rings. The first-order valence-electron chi connectivity index (χ1n) is 8.77. The van der Waals surface area contributed by atoms with Crippen LogP contribution in [0, 0.1) is 5.41 Å². The van der Waals surface area contributed by atoms with Crippen LogP contribution < -0.4 is 0 Å². The molecule has 4 nitrogen and oxygen atoms in total. The summed E-state index contributed by atoms with van der Waals surface area (Å²) in [6.45, 7) is 4.83. The molecule has 0 aromatic rings. The minimum Gasteiger partial charge on any atom is -0.381 e. The van der Waals surface area contributed by atoms with Crippen molar-refractivity contribution in [3.05, 3.63) is 0 Å². The molecule has 0 aromatic carbocycles. The van der Waals surface area contributed by atoms with E-state index in [9.17, 15) is 4.79 Å². The molecule has 21 heavy (non-hydrogen) atoms. The molecule has 3 rings (SSSR count). The molecule has 120 valence electrons. The lowest BCUT2D eigenvalue weighted by atomic mass is 9.72. The van der Waals surface area contributed by atoms with Gasteiger partial charge in [0.05, 0.1) is 6.04 Å². The summed E-state index contributed by atoms with van der Waals surface area (Å²) in [5, 5.41) is 0. The number of piperidine rings is 1. The number of carbonyl (C=O) groups excluding carboxylic acids is 1. The number of rotatable bonds is 1. The molecule has 1 atom stereocenters. The van der Waals surface area contributed by atoms with Crippen LogP contribution in [0.4, 0.5) is 0 Å². The first-order chi connectivity index (χ1) is 10.2. The number of likely N-dealkylation sites (N-methyl/N-ethyl adjacent to an activating group) is 1. The molecule has 3 heterocycles. The zero-order valence-corrected chi connectivity index (χ0v) is 13.5. The van der Waals surface area contributed by atoms with Crippen LogP contribution in [-0.4, -0.2) is 61.6 Å². The minimum atomic E-state index is 0.135. The van der Waals surface area contributed by atoms with Crippen molar-refractivity contribution in [3.8, 4) is 0 Å². The maximum Gasteiger partial charge on any atom is 0.239 e. The molecule has 0 saturated carbocycles. The fourth-order valence-corrected chi connectivity index (χ4v) is 4.28. The third kappa shape index (κ3) is 3.42. The smallest absolute Gasteiger partial charge is 0.239 e. The van der Waals surface area contributed by atoms with Gasteiger partial charge in [-0.3, -0.25) is 9.69 Å². The summed E-state index contributed by atoms with van der Waals surface area (Å²) in [5.74, 6) is 0.390. The van der Waals surface area contributed by atoms with Gasteiger partial charge in [0.15, 0.2) is 0 Å². The summed E-state index contributed by atoms with van der Waals surface area (Å²) in [7, 11) is 2.12. The van der Waals surface area contributed by atoms with Crippen LogP contribution in [0.5, 0.6) is 0 Å². The highest BCUT2D eigenvalue weighted by Gasteiger charge is 2.38. The highest BCUT2D eigenvalue weighted by molar-refractivity contribution is 5.82. The fraction of sp³-hybridized carbons (Fsp3) is 0.941. The summed E-state index contributed by atoms with van der Waals surface area (Å²) in [4.78, 5) is 17.3. The third-order valence-corrected chi connectivity index (χ3v) is 5.99. The zero-order valence-electron chi connectivity index (χ0n) is 13.5. The van der Waals surface area contributed by atoms with Crippen molar-refractivity contribution in [2.75, 3.05) is 39.9 Å². The molecule has 3 saturated heterocycles. The Hall–Kier alpha value is -0.610. The van der Waals surface area contributed by atoms with Crippen molar-refractivity contribution >= 4 is 5.91 Å². The lowest BCUT2D eigenvalue weighted by Crippen LogP contribution is -2.51. The van der Waals surface area contributed by atoms with Gasteiger partial charge in [-0.2, -0.15) is 0 Å². The molecule has 1 amide bonds. The van der Waals surface area contributed by atoms with Gasteiger partial charge in [-0.05, 0) is 57.5 Å². The Labute approximate surface area is 128 Å². The van der Waals surface area contributed by atoms with E-state index in [1.54, 1.807) is 0 Å². The van der Waals surface area contributed by atoms with Crippen LogP contribution >= 0.6 is 0 Å². The molecule has 0 aliphatic carbocycles. The molecule has 0 radical (unpaired) electrons. The van der Waals surface area contributed by atoms with E-state index in [0.29, 0.717) is 11.3 Å². The lowest BCUT2D eigenvalue weighted by molar-refractivity contribution is -0.140. The Morgan fingerprint density at radius 2 is 1.71 bits per heavy atom. The Kier molecular flexibility index (Phi) is 4.85. The lowest BCUT2D eigenvalue weighted by Gasteiger charge is -2.45. The number of amides is 1. The second-order valence-corrected chi connectivity index (χ2v) is 7.28. The Morgan fingerprint density at radius 1 is 1.00 bits per heavy atom. The van der Waals surface area contributed by atoms with Crippen molar-refractivity contribution in [2.45, 2.75) is 57.4 Å². The maximum atomic E-state index is 12.8. The van der Waals surface area contributed by atoms with Gasteiger partial charge in [0.25, 0.3) is 0 Å². The molecule has 4 heteroatoms. The van der Waals surface area contributed by atoms with Crippen LogP contribution in [0.1, 0.15) is 51.4 Å². The van der Waals surface area contributed by atoms with Gasteiger partial charge < -0.3 is 9.64 Å². The van der Waals surface area contributed by atoms with E-state index in [-0.39, 0.29) is 6.04 Å². The quantitative estimate of drug-likeness (QED) is 0.744. The van der Waals surface area contributed by atoms with Crippen molar-refractivity contribution in [1.82, 2.24) is 9.80 Å². The van der Waals surface area contributed by atoms with E-state index in [0.717, 1.165) is 39.3 Å². The first-order valence-corrected chi connectivity index (χ1v) is 8.77. The summed E-state index contributed by atoms with van der Waals surface area (Å²) in [6, 6.07) is 0.135. The van der Waals surface area contributed by atoms with E-state index in [4.69, 9.17) is 4.74 Å². The second-order valence-electron chi connectivity index (χ2n) is 7.28. The number of likely N-dealkylation sites (tertiary alicyclic amines) is 2. The number of nitrogens with zero attached hydrogens (tertiary/aromatic N) is 2. The van der Waals surface area contributed by atoms with Crippen molar-refractivity contribution < 1.29 is 9.53 Å². The maximum absolute atomic E-state index is 12.8. The molecule has 0 bridgehead atoms. The van der Waals surface area contributed by atoms with Gasteiger partial charge in [0.2, 0.25) is 5.91 Å². The molecular formula is C17H30N2O2. The summed E-state index contributed by atoms with van der Waals surface area (Å²) >= 11 is 0. The largest absolute Gasteiger partial charge is 0.381 e. The van der Waals surface area contributed by atoms with Crippen molar-refractivity contribution in [1.29, 1.82) is 0 Å². The van der Waals surface area contributed by atoms with E-state index in [1.807, 2.05) is 0 Å². The third-order valence-electron chi connectivity index (χ3n) is 5.99. The zero-order chi connectivity index (χ0) is 14.7.